The van der Waals surface area contributed by atoms with Crippen molar-refractivity contribution in [2.45, 2.75) is 26.4 Å². The molecule has 0 radical (unpaired) electrons. The van der Waals surface area contributed by atoms with Gasteiger partial charge in [0, 0.05) is 6.61 Å². The number of Topliss-reactive ketones (excluding diaryl/α,β-unsaturated/α-hetero) is 1. The zero-order valence-corrected chi connectivity index (χ0v) is 7.41. The fourth-order valence-corrected chi connectivity index (χ4v) is 1.37. The predicted molar refractivity (Wildman–Crippen MR) is 43.3 cm³/mol. The molecular formula is C9H13NO2. The molecule has 0 aliphatic carbocycles. The average molecular weight is 167 g/mol. The molecule has 1 saturated heterocycles. The Morgan fingerprint density at radius 3 is 2.83 bits per heavy atom. The molecule has 3 atom stereocenters. The Labute approximate surface area is 72.3 Å². The fraction of sp³-hybridized carbons (Fsp3) is 0.778. The van der Waals surface area contributed by atoms with E-state index in [0.717, 1.165) is 6.42 Å². The molecule has 3 nitrogen and oxygen atoms in total. The predicted octanol–water partition coefficient (Wildman–Crippen LogP) is 1.14. The number of nitrogens with zero attached hydrogens (tertiary/aromatic N) is 1. The summed E-state index contributed by atoms with van der Waals surface area (Å²) in [5.74, 6) is -0.327. The number of hydrogen-bond acceptors (Lipinski definition) is 3. The molecule has 0 saturated carbocycles. The number of ketones is 1. The van der Waals surface area contributed by atoms with Crippen LogP contribution in [0.3, 0.4) is 0 Å². The van der Waals surface area contributed by atoms with Crippen molar-refractivity contribution in [3.8, 4) is 6.07 Å². The average Bonchev–Trinajstić information content (AvgIpc) is 2.48. The molecule has 1 fully saturated rings. The summed E-state index contributed by atoms with van der Waals surface area (Å²) < 4.78 is 5.25. The zero-order valence-electron chi connectivity index (χ0n) is 7.41. The number of rotatable bonds is 2. The highest BCUT2D eigenvalue weighted by atomic mass is 16.5. The minimum atomic E-state index is -0.532. The topological polar surface area (TPSA) is 50.1 Å². The van der Waals surface area contributed by atoms with Crippen LogP contribution in [0, 0.1) is 23.2 Å². The van der Waals surface area contributed by atoms with E-state index in [0.29, 0.717) is 6.61 Å². The zero-order chi connectivity index (χ0) is 9.14. The summed E-state index contributed by atoms with van der Waals surface area (Å²) in [5.41, 5.74) is 0. The lowest BCUT2D eigenvalue weighted by Crippen LogP contribution is -2.29. The Morgan fingerprint density at radius 2 is 2.42 bits per heavy atom. The van der Waals surface area contributed by atoms with E-state index >= 15 is 0 Å². The van der Waals surface area contributed by atoms with Crippen LogP contribution >= 0.6 is 0 Å². The van der Waals surface area contributed by atoms with E-state index in [-0.39, 0.29) is 17.8 Å². The third-order valence-corrected chi connectivity index (χ3v) is 2.29. The van der Waals surface area contributed by atoms with Crippen LogP contribution < -0.4 is 0 Å². The van der Waals surface area contributed by atoms with Gasteiger partial charge in [-0.25, -0.2) is 0 Å². The summed E-state index contributed by atoms with van der Waals surface area (Å²) >= 11 is 0. The molecule has 3 unspecified atom stereocenters. The highest BCUT2D eigenvalue weighted by molar-refractivity contribution is 5.87. The molecule has 1 heterocycles. The van der Waals surface area contributed by atoms with Crippen molar-refractivity contribution >= 4 is 5.78 Å². The van der Waals surface area contributed by atoms with E-state index in [1.54, 1.807) is 6.92 Å². The van der Waals surface area contributed by atoms with Gasteiger partial charge in [-0.2, -0.15) is 5.26 Å². The monoisotopic (exact) mass is 167 g/mol. The van der Waals surface area contributed by atoms with E-state index in [1.165, 1.54) is 0 Å². The van der Waals surface area contributed by atoms with E-state index in [4.69, 9.17) is 10.00 Å². The number of hydrogen-bond donors (Lipinski definition) is 0. The van der Waals surface area contributed by atoms with Crippen molar-refractivity contribution in [1.29, 1.82) is 5.26 Å². The summed E-state index contributed by atoms with van der Waals surface area (Å²) in [7, 11) is 0. The van der Waals surface area contributed by atoms with Crippen molar-refractivity contribution in [3.63, 3.8) is 0 Å². The van der Waals surface area contributed by atoms with Gasteiger partial charge >= 0.3 is 0 Å². The van der Waals surface area contributed by atoms with Crippen molar-refractivity contribution in [1.82, 2.24) is 0 Å². The van der Waals surface area contributed by atoms with Crippen molar-refractivity contribution < 1.29 is 9.53 Å². The molecule has 1 rings (SSSR count). The number of carbonyl (C=O) groups excluding carboxylic acids is 1. The van der Waals surface area contributed by atoms with Crippen molar-refractivity contribution in [2.24, 2.45) is 11.8 Å². The molecule has 0 aromatic rings. The van der Waals surface area contributed by atoms with Gasteiger partial charge in [0.25, 0.3) is 0 Å². The van der Waals surface area contributed by atoms with Crippen molar-refractivity contribution in [3.05, 3.63) is 0 Å². The first-order valence-corrected chi connectivity index (χ1v) is 4.21. The molecule has 3 heteroatoms. The van der Waals surface area contributed by atoms with Gasteiger partial charge in [0.1, 0.15) is 12.0 Å². The normalized spacial score (nSPS) is 31.1. The van der Waals surface area contributed by atoms with Gasteiger partial charge in [0.15, 0.2) is 5.78 Å². The van der Waals surface area contributed by atoms with Crippen LogP contribution in [0.15, 0.2) is 0 Å². The summed E-state index contributed by atoms with van der Waals surface area (Å²) in [4.78, 5) is 11.4. The number of carbonyl (C=O) groups is 1. The number of ether oxygens (including phenoxy) is 1. The molecule has 0 amide bonds. The van der Waals surface area contributed by atoms with Crippen molar-refractivity contribution in [2.75, 3.05) is 6.61 Å². The Hall–Kier alpha value is -0.880. The van der Waals surface area contributed by atoms with E-state index in [9.17, 15) is 4.79 Å². The number of nitriles is 1. The Morgan fingerprint density at radius 1 is 1.75 bits per heavy atom. The largest absolute Gasteiger partial charge is 0.370 e. The second kappa shape index (κ2) is 3.68. The maximum Gasteiger partial charge on any atom is 0.178 e. The fourth-order valence-electron chi connectivity index (χ4n) is 1.37. The lowest BCUT2D eigenvalue weighted by molar-refractivity contribution is -0.131. The van der Waals surface area contributed by atoms with Crippen LogP contribution in [0.4, 0.5) is 0 Å². The standard InChI is InChI=1S/C9H13NO2/c1-6-3-4-12-9(6)8(11)7(2)5-10/h6-7,9H,3-4H2,1-2H3. The minimum absolute atomic E-state index is 0.0671. The quantitative estimate of drug-likeness (QED) is 0.619. The Kier molecular flexibility index (Phi) is 2.83. The van der Waals surface area contributed by atoms with Gasteiger partial charge in [-0.05, 0) is 19.3 Å². The highest BCUT2D eigenvalue weighted by Crippen LogP contribution is 2.22. The maximum atomic E-state index is 11.4. The second-order valence-corrected chi connectivity index (χ2v) is 3.31. The van der Waals surface area contributed by atoms with Gasteiger partial charge in [-0.15, -0.1) is 0 Å². The van der Waals surface area contributed by atoms with Gasteiger partial charge < -0.3 is 4.74 Å². The summed E-state index contributed by atoms with van der Waals surface area (Å²) in [6, 6.07) is 1.93. The molecule has 0 spiro atoms. The third-order valence-electron chi connectivity index (χ3n) is 2.29. The first-order chi connectivity index (χ1) is 5.66. The summed E-state index contributed by atoms with van der Waals surface area (Å²) in [5, 5.41) is 8.53. The Balaban J connectivity index is 2.59. The molecule has 1 aliphatic heterocycles. The smallest absolute Gasteiger partial charge is 0.178 e. The van der Waals surface area contributed by atoms with Crippen LogP contribution in [0.25, 0.3) is 0 Å². The first kappa shape index (κ1) is 9.21. The molecule has 0 bridgehead atoms. The van der Waals surface area contributed by atoms with E-state index in [2.05, 4.69) is 0 Å². The van der Waals surface area contributed by atoms with Crippen LogP contribution in [-0.4, -0.2) is 18.5 Å². The molecule has 0 aromatic carbocycles. The van der Waals surface area contributed by atoms with Gasteiger partial charge in [0.2, 0.25) is 0 Å². The first-order valence-electron chi connectivity index (χ1n) is 4.21. The lowest BCUT2D eigenvalue weighted by atomic mass is 9.94. The molecule has 1 aliphatic rings. The van der Waals surface area contributed by atoms with E-state index < -0.39 is 5.92 Å². The van der Waals surface area contributed by atoms with Crippen LogP contribution in [0.5, 0.6) is 0 Å². The van der Waals surface area contributed by atoms with Gasteiger partial charge in [-0.1, -0.05) is 6.92 Å². The molecular weight excluding hydrogens is 154 g/mol. The van der Waals surface area contributed by atoms with Gasteiger partial charge in [0.05, 0.1) is 6.07 Å². The third kappa shape index (κ3) is 1.64. The summed E-state index contributed by atoms with van der Waals surface area (Å²) in [6.07, 6.45) is 0.591. The molecule has 12 heavy (non-hydrogen) atoms. The molecule has 0 N–H and O–H groups in total. The van der Waals surface area contributed by atoms with E-state index in [1.807, 2.05) is 13.0 Å². The molecule has 66 valence electrons. The molecule has 0 aromatic heterocycles. The Bertz CT molecular complexity index is 219. The SMILES string of the molecule is CC(C#N)C(=O)C1OCCC1C. The lowest BCUT2D eigenvalue weighted by Gasteiger charge is -2.13. The maximum absolute atomic E-state index is 11.4. The highest BCUT2D eigenvalue weighted by Gasteiger charge is 2.33. The van der Waals surface area contributed by atoms with Gasteiger partial charge in [-0.3, -0.25) is 4.79 Å². The minimum Gasteiger partial charge on any atom is -0.370 e. The second-order valence-electron chi connectivity index (χ2n) is 3.31. The van der Waals surface area contributed by atoms with Crippen LogP contribution in [-0.2, 0) is 9.53 Å². The summed E-state index contributed by atoms with van der Waals surface area (Å²) in [6.45, 7) is 4.26. The van der Waals surface area contributed by atoms with Crippen LogP contribution in [0.1, 0.15) is 20.3 Å². The van der Waals surface area contributed by atoms with Crippen LogP contribution in [0.2, 0.25) is 0 Å².